The zero-order valence-corrected chi connectivity index (χ0v) is 13.3. The lowest BCUT2D eigenvalue weighted by Crippen LogP contribution is -2.47. The van der Waals surface area contributed by atoms with Crippen molar-refractivity contribution < 1.29 is 14.0 Å². The summed E-state index contributed by atoms with van der Waals surface area (Å²) in [5.74, 6) is 1.33. The third kappa shape index (κ3) is 2.99. The zero-order valence-electron chi connectivity index (χ0n) is 13.3. The molecule has 1 aliphatic rings. The van der Waals surface area contributed by atoms with E-state index in [-0.39, 0.29) is 11.8 Å². The number of fused-ring (bicyclic) bond motifs is 1. The van der Waals surface area contributed by atoms with Crippen molar-refractivity contribution in [2.45, 2.75) is 39.3 Å². The van der Waals surface area contributed by atoms with E-state index in [0.29, 0.717) is 25.1 Å². The van der Waals surface area contributed by atoms with Gasteiger partial charge >= 0.3 is 0 Å². The Bertz CT molecular complexity index is 735. The summed E-state index contributed by atoms with van der Waals surface area (Å²) < 4.78 is 5.46. The smallest absolute Gasteiger partial charge is 0.243 e. The van der Waals surface area contributed by atoms with Crippen molar-refractivity contribution in [3.8, 4) is 0 Å². The van der Waals surface area contributed by atoms with Crippen LogP contribution >= 0.6 is 0 Å². The van der Waals surface area contributed by atoms with Crippen molar-refractivity contribution in [2.24, 2.45) is 0 Å². The number of nitrogens with one attached hydrogen (secondary N) is 1. The predicted octanol–water partition coefficient (Wildman–Crippen LogP) is 2.57. The summed E-state index contributed by atoms with van der Waals surface area (Å²) in [7, 11) is 0. The van der Waals surface area contributed by atoms with E-state index in [0.717, 1.165) is 17.0 Å². The third-order valence-corrected chi connectivity index (χ3v) is 4.08. The van der Waals surface area contributed by atoms with Crippen LogP contribution in [0.5, 0.6) is 0 Å². The fourth-order valence-corrected chi connectivity index (χ4v) is 2.95. The number of carbonyl (C=O) groups excluding carboxylic acids is 2. The van der Waals surface area contributed by atoms with Crippen LogP contribution in [-0.2, 0) is 22.6 Å². The fraction of sp³-hybridized carbons (Fsp3) is 0.333. The summed E-state index contributed by atoms with van der Waals surface area (Å²) in [6, 6.07) is 10.9. The molecule has 2 heterocycles. The lowest BCUT2D eigenvalue weighted by atomic mass is 10.1. The molecule has 5 heteroatoms. The average molecular weight is 312 g/mol. The van der Waals surface area contributed by atoms with Gasteiger partial charge in [-0.1, -0.05) is 25.1 Å². The molecule has 1 unspecified atom stereocenters. The van der Waals surface area contributed by atoms with Crippen molar-refractivity contribution in [3.63, 3.8) is 0 Å². The lowest BCUT2D eigenvalue weighted by molar-refractivity contribution is -0.126. The van der Waals surface area contributed by atoms with Gasteiger partial charge in [-0.2, -0.15) is 0 Å². The standard InChI is InChI=1S/C18H20N2O3/c1-3-17(21)20-15-7-5-4-6-13(15)10-16(20)18(22)19-11-14-9-8-12(2)23-14/h4-9,16H,3,10-11H2,1-2H3,(H,19,22). The molecular formula is C18H20N2O3. The minimum Gasteiger partial charge on any atom is -0.465 e. The van der Waals surface area contributed by atoms with Crippen LogP contribution in [0.2, 0.25) is 0 Å². The highest BCUT2D eigenvalue weighted by molar-refractivity contribution is 6.03. The fourth-order valence-electron chi connectivity index (χ4n) is 2.95. The molecule has 5 nitrogen and oxygen atoms in total. The summed E-state index contributed by atoms with van der Waals surface area (Å²) in [5.41, 5.74) is 1.87. The molecule has 1 aromatic heterocycles. The Kier molecular flexibility index (Phi) is 4.19. The van der Waals surface area contributed by atoms with Gasteiger partial charge in [0.2, 0.25) is 11.8 Å². The van der Waals surface area contributed by atoms with Gasteiger partial charge in [0.1, 0.15) is 17.6 Å². The highest BCUT2D eigenvalue weighted by atomic mass is 16.3. The zero-order chi connectivity index (χ0) is 16.4. The molecule has 1 aromatic carbocycles. The number of anilines is 1. The second-order valence-corrected chi connectivity index (χ2v) is 5.70. The number of furan rings is 1. The summed E-state index contributed by atoms with van der Waals surface area (Å²) >= 11 is 0. The molecule has 2 aromatic rings. The van der Waals surface area contributed by atoms with E-state index in [1.807, 2.05) is 50.2 Å². The monoisotopic (exact) mass is 312 g/mol. The maximum absolute atomic E-state index is 12.6. The first-order valence-corrected chi connectivity index (χ1v) is 7.83. The third-order valence-electron chi connectivity index (χ3n) is 4.08. The first-order valence-electron chi connectivity index (χ1n) is 7.83. The number of benzene rings is 1. The Balaban J connectivity index is 1.75. The van der Waals surface area contributed by atoms with E-state index < -0.39 is 6.04 Å². The molecule has 0 saturated carbocycles. The normalized spacial score (nSPS) is 16.3. The number of aryl methyl sites for hydroxylation is 1. The molecule has 1 N–H and O–H groups in total. The van der Waals surface area contributed by atoms with Gasteiger partial charge in [0.25, 0.3) is 0 Å². The van der Waals surface area contributed by atoms with Gasteiger partial charge in [-0.15, -0.1) is 0 Å². The highest BCUT2D eigenvalue weighted by Crippen LogP contribution is 2.32. The van der Waals surface area contributed by atoms with Gasteiger partial charge in [0.15, 0.2) is 0 Å². The molecular weight excluding hydrogens is 292 g/mol. The van der Waals surface area contributed by atoms with E-state index >= 15 is 0 Å². The van der Waals surface area contributed by atoms with Gasteiger partial charge in [-0.05, 0) is 30.7 Å². The summed E-state index contributed by atoms with van der Waals surface area (Å²) in [6.45, 7) is 4.00. The summed E-state index contributed by atoms with van der Waals surface area (Å²) in [6.07, 6.45) is 0.917. The minimum atomic E-state index is -0.490. The predicted molar refractivity (Wildman–Crippen MR) is 87.0 cm³/mol. The van der Waals surface area contributed by atoms with Crippen molar-refractivity contribution in [1.82, 2.24) is 5.32 Å². The number of hydrogen-bond donors (Lipinski definition) is 1. The van der Waals surface area contributed by atoms with Crippen LogP contribution in [0.15, 0.2) is 40.8 Å². The topological polar surface area (TPSA) is 62.6 Å². The molecule has 0 radical (unpaired) electrons. The molecule has 0 bridgehead atoms. The number of hydrogen-bond acceptors (Lipinski definition) is 3. The Labute approximate surface area is 135 Å². The Morgan fingerprint density at radius 2 is 2.04 bits per heavy atom. The van der Waals surface area contributed by atoms with Crippen LogP contribution in [0.4, 0.5) is 5.69 Å². The Morgan fingerprint density at radius 3 is 2.74 bits per heavy atom. The van der Waals surface area contributed by atoms with Crippen molar-refractivity contribution in [3.05, 3.63) is 53.5 Å². The number of rotatable bonds is 4. The number of nitrogens with zero attached hydrogens (tertiary/aromatic N) is 1. The van der Waals surface area contributed by atoms with E-state index in [1.54, 1.807) is 4.90 Å². The second kappa shape index (κ2) is 6.28. The summed E-state index contributed by atoms with van der Waals surface area (Å²) in [4.78, 5) is 26.5. The molecule has 0 aliphatic carbocycles. The maximum atomic E-state index is 12.6. The summed E-state index contributed by atoms with van der Waals surface area (Å²) in [5, 5.41) is 2.87. The largest absolute Gasteiger partial charge is 0.465 e. The second-order valence-electron chi connectivity index (χ2n) is 5.70. The van der Waals surface area contributed by atoms with Crippen molar-refractivity contribution >= 4 is 17.5 Å². The van der Waals surface area contributed by atoms with E-state index in [1.165, 1.54) is 0 Å². The molecule has 0 saturated heterocycles. The molecule has 0 spiro atoms. The van der Waals surface area contributed by atoms with Gasteiger partial charge in [0.05, 0.1) is 6.54 Å². The molecule has 3 rings (SSSR count). The first-order chi connectivity index (χ1) is 11.1. The van der Waals surface area contributed by atoms with Gasteiger partial charge < -0.3 is 9.73 Å². The molecule has 120 valence electrons. The van der Waals surface area contributed by atoms with Crippen LogP contribution in [0.1, 0.15) is 30.4 Å². The van der Waals surface area contributed by atoms with Gasteiger partial charge in [0, 0.05) is 18.5 Å². The number of carbonyl (C=O) groups is 2. The van der Waals surface area contributed by atoms with Crippen molar-refractivity contribution in [2.75, 3.05) is 4.90 Å². The van der Waals surface area contributed by atoms with Crippen LogP contribution in [0.25, 0.3) is 0 Å². The maximum Gasteiger partial charge on any atom is 0.243 e. The van der Waals surface area contributed by atoms with E-state index in [2.05, 4.69) is 5.32 Å². The Morgan fingerprint density at radius 1 is 1.26 bits per heavy atom. The lowest BCUT2D eigenvalue weighted by Gasteiger charge is -2.24. The molecule has 1 atom stereocenters. The molecule has 2 amide bonds. The number of para-hydroxylation sites is 1. The Hall–Kier alpha value is -2.56. The molecule has 1 aliphatic heterocycles. The quantitative estimate of drug-likeness (QED) is 0.944. The van der Waals surface area contributed by atoms with Crippen LogP contribution in [-0.4, -0.2) is 17.9 Å². The first kappa shape index (κ1) is 15.3. The van der Waals surface area contributed by atoms with Crippen LogP contribution in [0, 0.1) is 6.92 Å². The molecule has 0 fully saturated rings. The van der Waals surface area contributed by atoms with Gasteiger partial charge in [-0.25, -0.2) is 0 Å². The minimum absolute atomic E-state index is 0.0380. The van der Waals surface area contributed by atoms with E-state index in [4.69, 9.17) is 4.42 Å². The van der Waals surface area contributed by atoms with Crippen LogP contribution < -0.4 is 10.2 Å². The molecule has 23 heavy (non-hydrogen) atoms. The number of amides is 2. The van der Waals surface area contributed by atoms with Gasteiger partial charge in [-0.3, -0.25) is 14.5 Å². The highest BCUT2D eigenvalue weighted by Gasteiger charge is 2.37. The van der Waals surface area contributed by atoms with Crippen molar-refractivity contribution in [1.29, 1.82) is 0 Å². The van der Waals surface area contributed by atoms with E-state index in [9.17, 15) is 9.59 Å². The SMILES string of the molecule is CCC(=O)N1c2ccccc2CC1C(=O)NCc1ccc(C)o1. The average Bonchev–Trinajstić information content (AvgIpc) is 3.15. The van der Waals surface area contributed by atoms with Crippen LogP contribution in [0.3, 0.4) is 0 Å².